The van der Waals surface area contributed by atoms with Crippen molar-refractivity contribution in [3.63, 3.8) is 0 Å². The third-order valence-corrected chi connectivity index (χ3v) is 3.38. The minimum atomic E-state index is 0.669. The van der Waals surface area contributed by atoms with Gasteiger partial charge in [0, 0.05) is 25.3 Å². The molecule has 0 aromatic carbocycles. The van der Waals surface area contributed by atoms with E-state index in [-0.39, 0.29) is 0 Å². The van der Waals surface area contributed by atoms with Crippen LogP contribution < -0.4 is 5.32 Å². The molecule has 0 saturated carbocycles. The second-order valence-corrected chi connectivity index (χ2v) is 4.86. The average molecular weight is 249 g/mol. The number of hydrogen-bond acceptors (Lipinski definition) is 3. The highest BCUT2D eigenvalue weighted by atomic mass is 15.1. The van der Waals surface area contributed by atoms with Gasteiger partial charge in [-0.25, -0.2) is 4.98 Å². The van der Waals surface area contributed by atoms with Crippen molar-refractivity contribution in [2.75, 3.05) is 18.9 Å². The van der Waals surface area contributed by atoms with Gasteiger partial charge in [0.1, 0.15) is 5.82 Å². The van der Waals surface area contributed by atoms with E-state index in [4.69, 9.17) is 0 Å². The third-order valence-electron chi connectivity index (χ3n) is 3.38. The van der Waals surface area contributed by atoms with Gasteiger partial charge in [0.05, 0.1) is 0 Å². The summed E-state index contributed by atoms with van der Waals surface area (Å²) in [4.78, 5) is 6.86. The Bertz CT molecular complexity index is 317. The van der Waals surface area contributed by atoms with E-state index >= 15 is 0 Å². The van der Waals surface area contributed by atoms with Crippen LogP contribution in [0.4, 0.5) is 5.82 Å². The molecule has 0 spiro atoms. The number of aromatic nitrogens is 1. The fourth-order valence-corrected chi connectivity index (χ4v) is 2.20. The highest BCUT2D eigenvalue weighted by Crippen LogP contribution is 2.12. The second kappa shape index (κ2) is 8.09. The van der Waals surface area contributed by atoms with E-state index < -0.39 is 0 Å². The summed E-state index contributed by atoms with van der Waals surface area (Å²) >= 11 is 0. The van der Waals surface area contributed by atoms with Gasteiger partial charge in [0.2, 0.25) is 0 Å². The number of nitrogens with one attached hydrogen (secondary N) is 1. The maximum atomic E-state index is 4.44. The summed E-state index contributed by atoms with van der Waals surface area (Å²) in [5.41, 5.74) is 1.28. The van der Waals surface area contributed by atoms with Crippen LogP contribution >= 0.6 is 0 Å². The van der Waals surface area contributed by atoms with Crippen molar-refractivity contribution >= 4 is 5.82 Å². The van der Waals surface area contributed by atoms with Crippen molar-refractivity contribution in [1.29, 1.82) is 0 Å². The zero-order chi connectivity index (χ0) is 13.4. The van der Waals surface area contributed by atoms with Gasteiger partial charge in [0.25, 0.3) is 0 Å². The van der Waals surface area contributed by atoms with Crippen molar-refractivity contribution in [2.24, 2.45) is 0 Å². The van der Waals surface area contributed by atoms with Crippen LogP contribution in [0.25, 0.3) is 0 Å². The lowest BCUT2D eigenvalue weighted by Crippen LogP contribution is -2.30. The van der Waals surface area contributed by atoms with Gasteiger partial charge >= 0.3 is 0 Å². The van der Waals surface area contributed by atoms with Crippen molar-refractivity contribution < 1.29 is 0 Å². The normalized spacial score (nSPS) is 11.2. The molecule has 1 rings (SSSR count). The summed E-state index contributed by atoms with van der Waals surface area (Å²) in [6.07, 6.45) is 5.52. The van der Waals surface area contributed by atoms with Crippen LogP contribution in [0.1, 0.15) is 45.6 Å². The predicted octanol–water partition coefficient (Wildman–Crippen LogP) is 3.52. The molecule has 0 unspecified atom stereocenters. The number of hydrogen-bond donors (Lipinski definition) is 1. The van der Waals surface area contributed by atoms with E-state index in [1.165, 1.54) is 18.4 Å². The minimum Gasteiger partial charge on any atom is -0.370 e. The first kappa shape index (κ1) is 15.0. The Morgan fingerprint density at radius 1 is 1.22 bits per heavy atom. The SMILES string of the molecule is CCCNc1ccc(CN(C)C(CC)CC)cn1. The molecule has 0 amide bonds. The molecular weight excluding hydrogens is 222 g/mol. The van der Waals surface area contributed by atoms with E-state index in [0.29, 0.717) is 6.04 Å². The Balaban J connectivity index is 2.52. The van der Waals surface area contributed by atoms with Gasteiger partial charge in [-0.2, -0.15) is 0 Å². The molecule has 18 heavy (non-hydrogen) atoms. The van der Waals surface area contributed by atoms with Crippen LogP contribution in [0, 0.1) is 0 Å². The molecule has 0 atom stereocenters. The Morgan fingerprint density at radius 3 is 2.44 bits per heavy atom. The highest BCUT2D eigenvalue weighted by Gasteiger charge is 2.10. The van der Waals surface area contributed by atoms with E-state index in [0.717, 1.165) is 25.3 Å². The quantitative estimate of drug-likeness (QED) is 0.764. The molecule has 0 fully saturated rings. The van der Waals surface area contributed by atoms with Crippen LogP contribution in [0.5, 0.6) is 0 Å². The summed E-state index contributed by atoms with van der Waals surface area (Å²) in [5.74, 6) is 0.978. The average Bonchev–Trinajstić information content (AvgIpc) is 2.39. The summed E-state index contributed by atoms with van der Waals surface area (Å²) in [7, 11) is 2.20. The molecule has 0 bridgehead atoms. The molecule has 3 heteroatoms. The van der Waals surface area contributed by atoms with Gasteiger partial charge in [-0.1, -0.05) is 26.8 Å². The van der Waals surface area contributed by atoms with Gasteiger partial charge in [-0.15, -0.1) is 0 Å². The topological polar surface area (TPSA) is 28.2 Å². The Hall–Kier alpha value is -1.09. The molecular formula is C15H27N3. The molecule has 0 aliphatic rings. The zero-order valence-corrected chi connectivity index (χ0v) is 12.2. The van der Waals surface area contributed by atoms with Crippen LogP contribution in [-0.4, -0.2) is 29.5 Å². The van der Waals surface area contributed by atoms with Crippen molar-refractivity contribution in [2.45, 2.75) is 52.6 Å². The number of nitrogens with zero attached hydrogens (tertiary/aromatic N) is 2. The molecule has 1 N–H and O–H groups in total. The molecule has 1 heterocycles. The fraction of sp³-hybridized carbons (Fsp3) is 0.667. The van der Waals surface area contributed by atoms with Gasteiger partial charge in [0.15, 0.2) is 0 Å². The monoisotopic (exact) mass is 249 g/mol. The summed E-state index contributed by atoms with van der Waals surface area (Å²) in [6.45, 7) is 8.63. The smallest absolute Gasteiger partial charge is 0.125 e. The number of anilines is 1. The molecule has 0 radical (unpaired) electrons. The Morgan fingerprint density at radius 2 is 1.94 bits per heavy atom. The first-order valence-corrected chi connectivity index (χ1v) is 7.10. The number of pyridine rings is 1. The van der Waals surface area contributed by atoms with Gasteiger partial charge in [-0.3, -0.25) is 4.90 Å². The fourth-order valence-electron chi connectivity index (χ4n) is 2.20. The second-order valence-electron chi connectivity index (χ2n) is 4.86. The van der Waals surface area contributed by atoms with Gasteiger partial charge < -0.3 is 5.32 Å². The van der Waals surface area contributed by atoms with Gasteiger partial charge in [-0.05, 0) is 37.9 Å². The summed E-state index contributed by atoms with van der Waals surface area (Å²) in [5, 5.41) is 3.30. The van der Waals surface area contributed by atoms with E-state index in [1.807, 2.05) is 6.20 Å². The first-order valence-electron chi connectivity index (χ1n) is 7.10. The Kier molecular flexibility index (Phi) is 6.73. The van der Waals surface area contributed by atoms with E-state index in [2.05, 4.69) is 55.2 Å². The molecule has 0 saturated heterocycles. The molecule has 1 aromatic heterocycles. The lowest BCUT2D eigenvalue weighted by atomic mass is 10.1. The van der Waals surface area contributed by atoms with Crippen molar-refractivity contribution in [3.05, 3.63) is 23.9 Å². The third kappa shape index (κ3) is 4.65. The van der Waals surface area contributed by atoms with Crippen molar-refractivity contribution in [1.82, 2.24) is 9.88 Å². The maximum Gasteiger partial charge on any atom is 0.125 e. The van der Waals surface area contributed by atoms with Crippen LogP contribution in [0.15, 0.2) is 18.3 Å². The highest BCUT2D eigenvalue weighted by molar-refractivity contribution is 5.35. The first-order chi connectivity index (χ1) is 8.71. The lowest BCUT2D eigenvalue weighted by molar-refractivity contribution is 0.221. The molecule has 3 nitrogen and oxygen atoms in total. The van der Waals surface area contributed by atoms with Crippen LogP contribution in [0.3, 0.4) is 0 Å². The predicted molar refractivity (Wildman–Crippen MR) is 78.9 cm³/mol. The van der Waals surface area contributed by atoms with E-state index in [9.17, 15) is 0 Å². The largest absolute Gasteiger partial charge is 0.370 e. The molecule has 102 valence electrons. The summed E-state index contributed by atoms with van der Waals surface area (Å²) in [6, 6.07) is 4.91. The number of rotatable bonds is 8. The van der Waals surface area contributed by atoms with E-state index in [1.54, 1.807) is 0 Å². The van der Waals surface area contributed by atoms with Crippen LogP contribution in [-0.2, 0) is 6.54 Å². The maximum absolute atomic E-state index is 4.44. The zero-order valence-electron chi connectivity index (χ0n) is 12.2. The molecule has 0 aliphatic heterocycles. The standard InChI is InChI=1S/C15H27N3/c1-5-10-16-15-9-8-13(11-17-15)12-18(4)14(6-2)7-3/h8-9,11,14H,5-7,10,12H2,1-4H3,(H,16,17). The van der Waals surface area contributed by atoms with Crippen LogP contribution in [0.2, 0.25) is 0 Å². The Labute approximate surface area is 112 Å². The lowest BCUT2D eigenvalue weighted by Gasteiger charge is -2.25. The molecule has 0 aliphatic carbocycles. The van der Waals surface area contributed by atoms with Crippen molar-refractivity contribution in [3.8, 4) is 0 Å². The minimum absolute atomic E-state index is 0.669. The summed E-state index contributed by atoms with van der Waals surface area (Å²) < 4.78 is 0. The molecule has 1 aromatic rings.